The number of rotatable bonds is 4. The molecule has 0 aliphatic rings. The second-order valence-electron chi connectivity index (χ2n) is 2.66. The number of hydrogen-bond acceptors (Lipinski definition) is 4. The second-order valence-corrected chi connectivity index (χ2v) is 2.66. The lowest BCUT2D eigenvalue weighted by Crippen LogP contribution is -2.11. The standard InChI is InChI=1S/C7H14N4O/c1-2-3-11-5-6(9-10-11)7(12)4-8/h5,7,12H,2-4,8H2,1H3/t7-/m0/s1. The summed E-state index contributed by atoms with van der Waals surface area (Å²) in [5, 5.41) is 16.9. The molecule has 0 amide bonds. The van der Waals surface area contributed by atoms with E-state index in [1.165, 1.54) is 0 Å². The number of hydrogen-bond donors (Lipinski definition) is 2. The van der Waals surface area contributed by atoms with E-state index in [-0.39, 0.29) is 6.54 Å². The number of nitrogens with zero attached hydrogens (tertiary/aromatic N) is 3. The van der Waals surface area contributed by atoms with E-state index in [0.717, 1.165) is 13.0 Å². The molecule has 1 atom stereocenters. The monoisotopic (exact) mass is 170 g/mol. The van der Waals surface area contributed by atoms with E-state index >= 15 is 0 Å². The molecular weight excluding hydrogens is 156 g/mol. The fraction of sp³-hybridized carbons (Fsp3) is 0.714. The van der Waals surface area contributed by atoms with Crippen molar-refractivity contribution >= 4 is 0 Å². The van der Waals surface area contributed by atoms with Gasteiger partial charge in [0, 0.05) is 13.1 Å². The Kier molecular flexibility index (Phi) is 3.19. The van der Waals surface area contributed by atoms with Crippen LogP contribution in [0.25, 0.3) is 0 Å². The minimum Gasteiger partial charge on any atom is -0.385 e. The molecule has 68 valence electrons. The summed E-state index contributed by atoms with van der Waals surface area (Å²) >= 11 is 0. The van der Waals surface area contributed by atoms with Gasteiger partial charge in [0.2, 0.25) is 0 Å². The van der Waals surface area contributed by atoms with Crippen molar-refractivity contribution in [3.05, 3.63) is 11.9 Å². The second kappa shape index (κ2) is 4.18. The molecule has 0 saturated carbocycles. The zero-order valence-electron chi connectivity index (χ0n) is 7.14. The summed E-state index contributed by atoms with van der Waals surface area (Å²) in [6, 6.07) is 0. The molecule has 0 aliphatic carbocycles. The van der Waals surface area contributed by atoms with E-state index in [1.807, 2.05) is 0 Å². The quantitative estimate of drug-likeness (QED) is 0.649. The van der Waals surface area contributed by atoms with Gasteiger partial charge in [0.15, 0.2) is 0 Å². The summed E-state index contributed by atoms with van der Waals surface area (Å²) in [5.74, 6) is 0. The van der Waals surface area contributed by atoms with Crippen molar-refractivity contribution in [2.45, 2.75) is 26.0 Å². The third-order valence-corrected chi connectivity index (χ3v) is 1.57. The van der Waals surface area contributed by atoms with Gasteiger partial charge >= 0.3 is 0 Å². The minimum absolute atomic E-state index is 0.185. The van der Waals surface area contributed by atoms with E-state index in [2.05, 4.69) is 17.2 Å². The van der Waals surface area contributed by atoms with Crippen LogP contribution < -0.4 is 5.73 Å². The first kappa shape index (κ1) is 9.15. The molecule has 0 spiro atoms. The molecule has 3 N–H and O–H groups in total. The van der Waals surface area contributed by atoms with Gasteiger partial charge in [-0.05, 0) is 6.42 Å². The average molecular weight is 170 g/mol. The highest BCUT2D eigenvalue weighted by Gasteiger charge is 2.08. The van der Waals surface area contributed by atoms with E-state index in [9.17, 15) is 5.11 Å². The highest BCUT2D eigenvalue weighted by Crippen LogP contribution is 2.05. The van der Waals surface area contributed by atoms with Crippen molar-refractivity contribution in [2.75, 3.05) is 6.54 Å². The van der Waals surface area contributed by atoms with Crippen LogP contribution in [0.2, 0.25) is 0 Å². The Morgan fingerprint density at radius 2 is 2.50 bits per heavy atom. The van der Waals surface area contributed by atoms with Gasteiger partial charge in [0.1, 0.15) is 11.8 Å². The summed E-state index contributed by atoms with van der Waals surface area (Å²) in [7, 11) is 0. The third kappa shape index (κ3) is 2.02. The van der Waals surface area contributed by atoms with Gasteiger partial charge in [0.25, 0.3) is 0 Å². The molecule has 0 unspecified atom stereocenters. The fourth-order valence-corrected chi connectivity index (χ4v) is 0.925. The zero-order chi connectivity index (χ0) is 8.97. The Labute approximate surface area is 71.2 Å². The van der Waals surface area contributed by atoms with Crippen LogP contribution in [0.1, 0.15) is 25.1 Å². The smallest absolute Gasteiger partial charge is 0.112 e. The molecule has 1 aromatic heterocycles. The van der Waals surface area contributed by atoms with E-state index in [1.54, 1.807) is 10.9 Å². The van der Waals surface area contributed by atoms with Gasteiger partial charge in [-0.25, -0.2) is 0 Å². The molecule has 5 heteroatoms. The number of aliphatic hydroxyl groups is 1. The van der Waals surface area contributed by atoms with Gasteiger partial charge in [-0.2, -0.15) is 0 Å². The fourth-order valence-electron chi connectivity index (χ4n) is 0.925. The van der Waals surface area contributed by atoms with Crippen LogP contribution in [0.5, 0.6) is 0 Å². The Morgan fingerprint density at radius 3 is 3.08 bits per heavy atom. The van der Waals surface area contributed by atoms with Crippen molar-refractivity contribution in [3.8, 4) is 0 Å². The highest BCUT2D eigenvalue weighted by molar-refractivity contribution is 4.97. The lowest BCUT2D eigenvalue weighted by Gasteiger charge is -2.00. The summed E-state index contributed by atoms with van der Waals surface area (Å²) in [6.45, 7) is 3.07. The Hall–Kier alpha value is -0.940. The minimum atomic E-state index is -0.685. The zero-order valence-corrected chi connectivity index (χ0v) is 7.14. The SMILES string of the molecule is CCCn1cc([C@@H](O)CN)nn1. The topological polar surface area (TPSA) is 77.0 Å². The van der Waals surface area contributed by atoms with Gasteiger partial charge in [-0.15, -0.1) is 5.10 Å². The summed E-state index contributed by atoms with van der Waals surface area (Å²) in [4.78, 5) is 0. The number of aliphatic hydroxyl groups excluding tert-OH is 1. The molecule has 1 heterocycles. The van der Waals surface area contributed by atoms with Crippen LogP contribution in [-0.4, -0.2) is 26.6 Å². The normalized spacial score (nSPS) is 13.2. The van der Waals surface area contributed by atoms with Crippen molar-refractivity contribution in [2.24, 2.45) is 5.73 Å². The third-order valence-electron chi connectivity index (χ3n) is 1.57. The van der Waals surface area contributed by atoms with Crippen LogP contribution in [0.15, 0.2) is 6.20 Å². The lowest BCUT2D eigenvalue weighted by molar-refractivity contribution is 0.181. The van der Waals surface area contributed by atoms with Crippen LogP contribution in [0.4, 0.5) is 0 Å². The molecule has 5 nitrogen and oxygen atoms in total. The van der Waals surface area contributed by atoms with E-state index < -0.39 is 6.10 Å². The van der Waals surface area contributed by atoms with Gasteiger partial charge < -0.3 is 10.8 Å². The molecule has 0 fully saturated rings. The molecule has 0 aromatic carbocycles. The van der Waals surface area contributed by atoms with Crippen molar-refractivity contribution in [1.29, 1.82) is 0 Å². The first-order valence-corrected chi connectivity index (χ1v) is 4.06. The molecule has 0 radical (unpaired) electrons. The Morgan fingerprint density at radius 1 is 1.75 bits per heavy atom. The molecule has 12 heavy (non-hydrogen) atoms. The molecule has 0 saturated heterocycles. The van der Waals surface area contributed by atoms with Gasteiger partial charge in [0.05, 0.1) is 6.20 Å². The molecule has 1 aromatic rings. The Balaban J connectivity index is 2.63. The van der Waals surface area contributed by atoms with Crippen molar-refractivity contribution in [1.82, 2.24) is 15.0 Å². The van der Waals surface area contributed by atoms with Crippen LogP contribution >= 0.6 is 0 Å². The summed E-state index contributed by atoms with van der Waals surface area (Å²) in [6.07, 6.45) is 2.04. The van der Waals surface area contributed by atoms with Crippen LogP contribution in [-0.2, 0) is 6.54 Å². The number of aryl methyl sites for hydroxylation is 1. The van der Waals surface area contributed by atoms with Gasteiger partial charge in [-0.1, -0.05) is 12.1 Å². The van der Waals surface area contributed by atoms with Crippen LogP contribution in [0.3, 0.4) is 0 Å². The average Bonchev–Trinajstić information content (AvgIpc) is 2.52. The van der Waals surface area contributed by atoms with E-state index in [0.29, 0.717) is 5.69 Å². The maximum atomic E-state index is 9.27. The maximum Gasteiger partial charge on any atom is 0.112 e. The lowest BCUT2D eigenvalue weighted by atomic mass is 10.3. The molecule has 1 rings (SSSR count). The van der Waals surface area contributed by atoms with Gasteiger partial charge in [-0.3, -0.25) is 4.68 Å². The number of aromatic nitrogens is 3. The predicted molar refractivity (Wildman–Crippen MR) is 44.3 cm³/mol. The predicted octanol–water partition coefficient (Wildman–Crippen LogP) is -0.320. The number of nitrogens with two attached hydrogens (primary N) is 1. The summed E-state index contributed by atoms with van der Waals surface area (Å²) < 4.78 is 1.70. The first-order valence-electron chi connectivity index (χ1n) is 4.06. The highest BCUT2D eigenvalue weighted by atomic mass is 16.3. The maximum absolute atomic E-state index is 9.27. The van der Waals surface area contributed by atoms with Crippen molar-refractivity contribution in [3.63, 3.8) is 0 Å². The van der Waals surface area contributed by atoms with E-state index in [4.69, 9.17) is 5.73 Å². The first-order chi connectivity index (χ1) is 5.77. The largest absolute Gasteiger partial charge is 0.385 e. The Bertz CT molecular complexity index is 235. The summed E-state index contributed by atoms with van der Waals surface area (Å²) in [5.41, 5.74) is 5.81. The molecule has 0 bridgehead atoms. The van der Waals surface area contributed by atoms with Crippen molar-refractivity contribution < 1.29 is 5.11 Å². The molecule has 0 aliphatic heterocycles. The molecular formula is C7H14N4O. The van der Waals surface area contributed by atoms with Crippen LogP contribution in [0, 0.1) is 0 Å².